The van der Waals surface area contributed by atoms with Crippen molar-refractivity contribution in [3.63, 3.8) is 0 Å². The first-order valence-electron chi connectivity index (χ1n) is 8.43. The van der Waals surface area contributed by atoms with Crippen LogP contribution in [0.1, 0.15) is 16.1 Å². The van der Waals surface area contributed by atoms with Crippen LogP contribution in [0.15, 0.2) is 72.9 Å². The smallest absolute Gasteiger partial charge is 0.354 e. The number of hydrogen-bond acceptors (Lipinski definition) is 2. The van der Waals surface area contributed by atoms with Crippen molar-refractivity contribution in [2.75, 3.05) is 5.32 Å². The van der Waals surface area contributed by atoms with Crippen molar-refractivity contribution in [3.8, 4) is 11.3 Å². The van der Waals surface area contributed by atoms with Gasteiger partial charge in [-0.1, -0.05) is 30.3 Å². The first-order chi connectivity index (χ1) is 13.4. The highest BCUT2D eigenvalue weighted by molar-refractivity contribution is 6.04. The van der Waals surface area contributed by atoms with Crippen molar-refractivity contribution in [2.24, 2.45) is 0 Å². The lowest BCUT2D eigenvalue weighted by Crippen LogP contribution is -2.13. The van der Waals surface area contributed by atoms with Crippen molar-refractivity contribution in [2.45, 2.75) is 6.18 Å². The molecule has 0 aliphatic heterocycles. The Bertz CT molecular complexity index is 1150. The van der Waals surface area contributed by atoms with Crippen molar-refractivity contribution >= 4 is 22.5 Å². The lowest BCUT2D eigenvalue weighted by Gasteiger charge is -2.11. The zero-order chi connectivity index (χ0) is 19.7. The third-order valence-electron chi connectivity index (χ3n) is 4.30. The zero-order valence-electron chi connectivity index (χ0n) is 14.4. The molecule has 4 aromatic rings. The number of H-pyrrole nitrogens is 1. The number of pyridine rings is 1. The van der Waals surface area contributed by atoms with E-state index in [4.69, 9.17) is 0 Å². The molecule has 140 valence electrons. The molecule has 0 radical (unpaired) electrons. The van der Waals surface area contributed by atoms with E-state index in [1.54, 1.807) is 48.5 Å². The number of nitrogens with zero attached hydrogens (tertiary/aromatic N) is 1. The molecule has 2 N–H and O–H groups in total. The highest BCUT2D eigenvalue weighted by atomic mass is 19.4. The van der Waals surface area contributed by atoms with Gasteiger partial charge in [0.1, 0.15) is 5.69 Å². The van der Waals surface area contributed by atoms with Gasteiger partial charge in [-0.25, -0.2) is 0 Å². The average Bonchev–Trinajstić information content (AvgIpc) is 3.11. The van der Waals surface area contributed by atoms with Crippen LogP contribution in [0.5, 0.6) is 0 Å². The molecule has 0 fully saturated rings. The normalized spacial score (nSPS) is 11.5. The number of alkyl halides is 3. The minimum absolute atomic E-state index is 0.0743. The van der Waals surface area contributed by atoms with Crippen LogP contribution in [0, 0.1) is 0 Å². The Morgan fingerprint density at radius 2 is 1.75 bits per heavy atom. The standard InChI is InChI=1S/C21H14F3N3O/c22-21(23,24)16-6-2-1-5-15(16)19-11-13-8-9-14(12-18(13)27-19)26-20(28)17-7-3-4-10-25-17/h1-12,27H,(H,26,28). The van der Waals surface area contributed by atoms with Crippen molar-refractivity contribution in [1.82, 2.24) is 9.97 Å². The van der Waals surface area contributed by atoms with E-state index in [1.165, 1.54) is 18.3 Å². The van der Waals surface area contributed by atoms with Gasteiger partial charge in [0, 0.05) is 34.0 Å². The minimum atomic E-state index is -4.45. The highest BCUT2D eigenvalue weighted by Crippen LogP contribution is 2.37. The molecule has 0 saturated carbocycles. The van der Waals surface area contributed by atoms with Gasteiger partial charge < -0.3 is 10.3 Å². The Hall–Kier alpha value is -3.61. The molecule has 0 atom stereocenters. The third-order valence-corrected chi connectivity index (χ3v) is 4.30. The maximum absolute atomic E-state index is 13.3. The van der Waals surface area contributed by atoms with Gasteiger partial charge in [0.2, 0.25) is 0 Å². The third kappa shape index (κ3) is 3.46. The summed E-state index contributed by atoms with van der Waals surface area (Å²) in [5.74, 6) is -0.367. The summed E-state index contributed by atoms with van der Waals surface area (Å²) in [6, 6.07) is 17.2. The van der Waals surface area contributed by atoms with Crippen LogP contribution in [0.4, 0.5) is 18.9 Å². The molecule has 2 aromatic heterocycles. The summed E-state index contributed by atoms with van der Waals surface area (Å²) < 4.78 is 39.9. The summed E-state index contributed by atoms with van der Waals surface area (Å²) in [4.78, 5) is 19.2. The zero-order valence-corrected chi connectivity index (χ0v) is 14.4. The molecule has 2 heterocycles. The van der Waals surface area contributed by atoms with Crippen LogP contribution in [0.2, 0.25) is 0 Å². The fourth-order valence-corrected chi connectivity index (χ4v) is 3.01. The SMILES string of the molecule is O=C(Nc1ccc2cc(-c3ccccc3C(F)(F)F)[nH]c2c1)c1ccccn1. The Morgan fingerprint density at radius 3 is 2.50 bits per heavy atom. The molecule has 0 bridgehead atoms. The van der Waals surface area contributed by atoms with E-state index < -0.39 is 11.7 Å². The van der Waals surface area contributed by atoms with Crippen molar-refractivity contribution in [3.05, 3.63) is 84.2 Å². The summed E-state index contributed by atoms with van der Waals surface area (Å²) in [7, 11) is 0. The van der Waals surface area contributed by atoms with Crippen molar-refractivity contribution in [1.29, 1.82) is 0 Å². The molecule has 0 saturated heterocycles. The van der Waals surface area contributed by atoms with Gasteiger partial charge in [0.05, 0.1) is 5.56 Å². The monoisotopic (exact) mass is 381 g/mol. The quantitative estimate of drug-likeness (QED) is 0.492. The number of halogens is 3. The number of nitrogens with one attached hydrogen (secondary N) is 2. The first-order valence-corrected chi connectivity index (χ1v) is 8.43. The number of carbonyl (C=O) groups excluding carboxylic acids is 1. The lowest BCUT2D eigenvalue weighted by molar-refractivity contribution is -0.137. The first kappa shape index (κ1) is 17.8. The van der Waals surface area contributed by atoms with Crippen molar-refractivity contribution < 1.29 is 18.0 Å². The second-order valence-electron chi connectivity index (χ2n) is 6.20. The number of carbonyl (C=O) groups is 1. The van der Waals surface area contributed by atoms with Crippen LogP contribution in [0.3, 0.4) is 0 Å². The van der Waals surface area contributed by atoms with Gasteiger partial charge in [0.15, 0.2) is 0 Å². The van der Waals surface area contributed by atoms with Gasteiger partial charge in [-0.15, -0.1) is 0 Å². The number of aromatic nitrogens is 2. The molecule has 0 spiro atoms. The maximum Gasteiger partial charge on any atom is 0.417 e. The Balaban J connectivity index is 1.67. The Morgan fingerprint density at radius 1 is 0.964 bits per heavy atom. The van der Waals surface area contributed by atoms with Gasteiger partial charge in [-0.3, -0.25) is 9.78 Å². The van der Waals surface area contributed by atoms with Crippen LogP contribution in [-0.4, -0.2) is 15.9 Å². The summed E-state index contributed by atoms with van der Waals surface area (Å²) in [5, 5.41) is 3.47. The molecule has 7 heteroatoms. The van der Waals surface area contributed by atoms with E-state index in [0.717, 1.165) is 11.5 Å². The predicted molar refractivity (Wildman–Crippen MR) is 101 cm³/mol. The fourth-order valence-electron chi connectivity index (χ4n) is 3.01. The molecule has 28 heavy (non-hydrogen) atoms. The van der Waals surface area contributed by atoms with Gasteiger partial charge in [0.25, 0.3) is 5.91 Å². The largest absolute Gasteiger partial charge is 0.417 e. The minimum Gasteiger partial charge on any atom is -0.354 e. The summed E-state index contributed by atoms with van der Waals surface area (Å²) in [6.07, 6.45) is -2.93. The molecule has 4 rings (SSSR count). The Kier molecular flexibility index (Phi) is 4.35. The molecule has 2 aromatic carbocycles. The van der Waals surface area contributed by atoms with E-state index in [2.05, 4.69) is 15.3 Å². The van der Waals surface area contributed by atoms with Gasteiger partial charge >= 0.3 is 6.18 Å². The molecular weight excluding hydrogens is 367 g/mol. The van der Waals surface area contributed by atoms with Crippen LogP contribution < -0.4 is 5.32 Å². The number of benzene rings is 2. The second kappa shape index (κ2) is 6.84. The topological polar surface area (TPSA) is 57.8 Å². The number of amides is 1. The van der Waals surface area contributed by atoms with Gasteiger partial charge in [-0.2, -0.15) is 13.2 Å². The molecule has 4 nitrogen and oxygen atoms in total. The molecule has 0 unspecified atom stereocenters. The number of fused-ring (bicyclic) bond motifs is 1. The van der Waals surface area contributed by atoms with Crippen LogP contribution in [-0.2, 0) is 6.18 Å². The predicted octanol–water partition coefficient (Wildman–Crippen LogP) is 5.50. The Labute approximate surface area is 158 Å². The van der Waals surface area contributed by atoms with E-state index in [-0.39, 0.29) is 17.2 Å². The average molecular weight is 381 g/mol. The van der Waals surface area contributed by atoms with E-state index >= 15 is 0 Å². The molecule has 0 aliphatic rings. The summed E-state index contributed by atoms with van der Waals surface area (Å²) in [5.41, 5.74) is 1.13. The highest BCUT2D eigenvalue weighted by Gasteiger charge is 2.33. The van der Waals surface area contributed by atoms with E-state index in [1.807, 2.05) is 0 Å². The fraction of sp³-hybridized carbons (Fsp3) is 0.0476. The van der Waals surface area contributed by atoms with Crippen LogP contribution >= 0.6 is 0 Å². The summed E-state index contributed by atoms with van der Waals surface area (Å²) in [6.45, 7) is 0. The van der Waals surface area contributed by atoms with Crippen LogP contribution in [0.25, 0.3) is 22.2 Å². The lowest BCUT2D eigenvalue weighted by atomic mass is 10.0. The number of hydrogen-bond donors (Lipinski definition) is 2. The molecule has 0 aliphatic carbocycles. The molecule has 1 amide bonds. The maximum atomic E-state index is 13.3. The summed E-state index contributed by atoms with van der Waals surface area (Å²) >= 11 is 0. The number of aromatic amines is 1. The van der Waals surface area contributed by atoms with E-state index in [9.17, 15) is 18.0 Å². The second-order valence-corrected chi connectivity index (χ2v) is 6.20. The number of rotatable bonds is 3. The molecular formula is C21H14F3N3O. The number of anilines is 1. The van der Waals surface area contributed by atoms with E-state index in [0.29, 0.717) is 16.9 Å². The van der Waals surface area contributed by atoms with Gasteiger partial charge in [-0.05, 0) is 36.4 Å².